The Morgan fingerprint density at radius 3 is 2.69 bits per heavy atom. The van der Waals surface area contributed by atoms with Crippen LogP contribution in [-0.4, -0.2) is 20.7 Å². The molecule has 1 unspecified atom stereocenters. The smallest absolute Gasteiger partial charge is 0.251 e. The molecule has 1 atom stereocenters. The number of hydrogen-bond acceptors (Lipinski definition) is 4. The van der Waals surface area contributed by atoms with Crippen molar-refractivity contribution >= 4 is 17.0 Å². The van der Waals surface area contributed by atoms with Crippen molar-refractivity contribution in [2.75, 3.05) is 0 Å². The van der Waals surface area contributed by atoms with E-state index in [1.807, 2.05) is 72.4 Å². The van der Waals surface area contributed by atoms with Crippen molar-refractivity contribution in [3.8, 4) is 0 Å². The normalized spacial score (nSPS) is 12.2. The van der Waals surface area contributed by atoms with E-state index in [9.17, 15) is 4.79 Å². The van der Waals surface area contributed by atoms with Gasteiger partial charge < -0.3 is 9.73 Å². The van der Waals surface area contributed by atoms with Gasteiger partial charge in [-0.2, -0.15) is 5.10 Å². The maximum absolute atomic E-state index is 12.5. The van der Waals surface area contributed by atoms with Crippen LogP contribution in [0.15, 0.2) is 71.4 Å². The molecular formula is C20H18N4O2. The molecular weight excluding hydrogens is 328 g/mol. The molecule has 1 N–H and O–H groups in total. The molecule has 4 aromatic rings. The zero-order valence-electron chi connectivity index (χ0n) is 14.3. The van der Waals surface area contributed by atoms with Gasteiger partial charge >= 0.3 is 0 Å². The number of nitrogens with one attached hydrogen (secondary N) is 1. The molecule has 26 heavy (non-hydrogen) atoms. The fourth-order valence-electron chi connectivity index (χ4n) is 2.76. The SMILES string of the molecule is CC(NC(=O)c1ccc(Cn2cccn2)cc1)c1nc2ccccc2o1. The van der Waals surface area contributed by atoms with Gasteiger partial charge in [-0.25, -0.2) is 4.98 Å². The fraction of sp³-hybridized carbons (Fsp3) is 0.150. The summed E-state index contributed by atoms with van der Waals surface area (Å²) in [4.78, 5) is 16.9. The first-order chi connectivity index (χ1) is 12.7. The average Bonchev–Trinajstić information content (AvgIpc) is 3.31. The van der Waals surface area contributed by atoms with E-state index in [0.717, 1.165) is 11.1 Å². The lowest BCUT2D eigenvalue weighted by atomic mass is 10.1. The Hall–Kier alpha value is -3.41. The van der Waals surface area contributed by atoms with Crippen LogP contribution < -0.4 is 5.32 Å². The van der Waals surface area contributed by atoms with Gasteiger partial charge in [0.1, 0.15) is 11.6 Å². The average molecular weight is 346 g/mol. The number of para-hydroxylation sites is 2. The highest BCUT2D eigenvalue weighted by Gasteiger charge is 2.16. The van der Waals surface area contributed by atoms with E-state index < -0.39 is 0 Å². The minimum atomic E-state index is -0.321. The molecule has 6 nitrogen and oxygen atoms in total. The van der Waals surface area contributed by atoms with E-state index >= 15 is 0 Å². The van der Waals surface area contributed by atoms with E-state index in [0.29, 0.717) is 23.6 Å². The predicted octanol–water partition coefficient (Wildman–Crippen LogP) is 3.56. The minimum absolute atomic E-state index is 0.162. The van der Waals surface area contributed by atoms with Gasteiger partial charge in [-0.3, -0.25) is 9.48 Å². The Morgan fingerprint density at radius 2 is 1.96 bits per heavy atom. The highest BCUT2D eigenvalue weighted by Crippen LogP contribution is 2.20. The highest BCUT2D eigenvalue weighted by molar-refractivity contribution is 5.94. The molecule has 2 aromatic carbocycles. The number of carbonyl (C=O) groups is 1. The minimum Gasteiger partial charge on any atom is -0.438 e. The van der Waals surface area contributed by atoms with E-state index in [4.69, 9.17) is 4.42 Å². The second-order valence-electron chi connectivity index (χ2n) is 6.12. The molecule has 0 fully saturated rings. The molecule has 2 aromatic heterocycles. The largest absolute Gasteiger partial charge is 0.438 e. The summed E-state index contributed by atoms with van der Waals surface area (Å²) in [5, 5.41) is 7.11. The van der Waals surface area contributed by atoms with Gasteiger partial charge in [-0.05, 0) is 42.8 Å². The molecule has 0 saturated heterocycles. The molecule has 0 spiro atoms. The molecule has 6 heteroatoms. The monoisotopic (exact) mass is 346 g/mol. The fourth-order valence-corrected chi connectivity index (χ4v) is 2.76. The molecule has 130 valence electrons. The lowest BCUT2D eigenvalue weighted by molar-refractivity contribution is 0.0934. The summed E-state index contributed by atoms with van der Waals surface area (Å²) in [7, 11) is 0. The quantitative estimate of drug-likeness (QED) is 0.600. The van der Waals surface area contributed by atoms with E-state index in [1.54, 1.807) is 6.20 Å². The van der Waals surface area contributed by atoms with Gasteiger partial charge in [0.15, 0.2) is 5.58 Å². The Kier molecular flexibility index (Phi) is 4.23. The highest BCUT2D eigenvalue weighted by atomic mass is 16.3. The zero-order chi connectivity index (χ0) is 17.9. The summed E-state index contributed by atoms with van der Waals surface area (Å²) < 4.78 is 7.55. The number of amides is 1. The Balaban J connectivity index is 1.43. The maximum atomic E-state index is 12.5. The molecule has 1 amide bonds. The standard InChI is InChI=1S/C20H18N4O2/c1-14(20-23-17-5-2-3-6-18(17)26-20)22-19(25)16-9-7-15(8-10-16)13-24-12-4-11-21-24/h2-12,14H,13H2,1H3,(H,22,25). The van der Waals surface area contributed by atoms with Gasteiger partial charge in [0.05, 0.1) is 6.54 Å². The number of benzene rings is 2. The number of nitrogens with zero attached hydrogens (tertiary/aromatic N) is 3. The lowest BCUT2D eigenvalue weighted by Gasteiger charge is -2.11. The molecule has 0 saturated carbocycles. The summed E-state index contributed by atoms with van der Waals surface area (Å²) in [5.41, 5.74) is 3.17. The number of oxazole rings is 1. The maximum Gasteiger partial charge on any atom is 0.251 e. The molecule has 0 aliphatic carbocycles. The van der Waals surface area contributed by atoms with Crippen LogP contribution in [0.4, 0.5) is 0 Å². The van der Waals surface area contributed by atoms with Crippen molar-refractivity contribution in [1.29, 1.82) is 0 Å². The molecule has 2 heterocycles. The Morgan fingerprint density at radius 1 is 1.15 bits per heavy atom. The van der Waals surface area contributed by atoms with Crippen molar-refractivity contribution in [2.45, 2.75) is 19.5 Å². The summed E-state index contributed by atoms with van der Waals surface area (Å²) in [6.07, 6.45) is 3.65. The Bertz CT molecular complexity index is 987. The number of fused-ring (bicyclic) bond motifs is 1. The molecule has 0 aliphatic rings. The third-order valence-corrected chi connectivity index (χ3v) is 4.15. The van der Waals surface area contributed by atoms with Crippen molar-refractivity contribution < 1.29 is 9.21 Å². The first kappa shape index (κ1) is 16.1. The van der Waals surface area contributed by atoms with Crippen LogP contribution >= 0.6 is 0 Å². The first-order valence-corrected chi connectivity index (χ1v) is 8.42. The third-order valence-electron chi connectivity index (χ3n) is 4.15. The van der Waals surface area contributed by atoms with Crippen LogP contribution in [0, 0.1) is 0 Å². The number of rotatable bonds is 5. The molecule has 0 aliphatic heterocycles. The van der Waals surface area contributed by atoms with E-state index in [1.165, 1.54) is 0 Å². The van der Waals surface area contributed by atoms with Gasteiger partial charge in [-0.15, -0.1) is 0 Å². The van der Waals surface area contributed by atoms with Crippen LogP contribution in [-0.2, 0) is 6.54 Å². The van der Waals surface area contributed by atoms with E-state index in [-0.39, 0.29) is 11.9 Å². The van der Waals surface area contributed by atoms with Gasteiger partial charge in [-0.1, -0.05) is 24.3 Å². The second kappa shape index (κ2) is 6.84. The van der Waals surface area contributed by atoms with Gasteiger partial charge in [0.25, 0.3) is 5.91 Å². The summed E-state index contributed by atoms with van der Waals surface area (Å²) in [5.74, 6) is 0.334. The summed E-state index contributed by atoms with van der Waals surface area (Å²) in [6, 6.07) is 16.6. The second-order valence-corrected chi connectivity index (χ2v) is 6.12. The molecule has 0 radical (unpaired) electrons. The topological polar surface area (TPSA) is 73.0 Å². The van der Waals surface area contributed by atoms with Crippen molar-refractivity contribution in [2.24, 2.45) is 0 Å². The van der Waals surface area contributed by atoms with Crippen LogP contribution in [0.1, 0.15) is 34.8 Å². The van der Waals surface area contributed by atoms with Gasteiger partial charge in [0, 0.05) is 18.0 Å². The van der Waals surface area contributed by atoms with Crippen molar-refractivity contribution in [3.05, 3.63) is 84.0 Å². The third kappa shape index (κ3) is 3.35. The predicted molar refractivity (Wildman–Crippen MR) is 97.7 cm³/mol. The van der Waals surface area contributed by atoms with E-state index in [2.05, 4.69) is 15.4 Å². The van der Waals surface area contributed by atoms with Crippen LogP contribution in [0.5, 0.6) is 0 Å². The van der Waals surface area contributed by atoms with Gasteiger partial charge in [0.2, 0.25) is 5.89 Å². The lowest BCUT2D eigenvalue weighted by Crippen LogP contribution is -2.26. The number of hydrogen-bond donors (Lipinski definition) is 1. The molecule has 0 bridgehead atoms. The summed E-state index contributed by atoms with van der Waals surface area (Å²) >= 11 is 0. The zero-order valence-corrected chi connectivity index (χ0v) is 14.3. The Labute approximate surface area is 150 Å². The van der Waals surface area contributed by atoms with Crippen molar-refractivity contribution in [3.63, 3.8) is 0 Å². The van der Waals surface area contributed by atoms with Crippen LogP contribution in [0.3, 0.4) is 0 Å². The van der Waals surface area contributed by atoms with Crippen LogP contribution in [0.25, 0.3) is 11.1 Å². The van der Waals surface area contributed by atoms with Crippen LogP contribution in [0.2, 0.25) is 0 Å². The summed E-state index contributed by atoms with van der Waals surface area (Å²) in [6.45, 7) is 2.53. The first-order valence-electron chi connectivity index (χ1n) is 8.42. The number of aromatic nitrogens is 3. The number of carbonyl (C=O) groups excluding carboxylic acids is 1. The molecule has 4 rings (SSSR count). The van der Waals surface area contributed by atoms with Crippen molar-refractivity contribution in [1.82, 2.24) is 20.1 Å².